The zero-order chi connectivity index (χ0) is 17.9. The summed E-state index contributed by atoms with van der Waals surface area (Å²) in [6.07, 6.45) is 1.13. The van der Waals surface area contributed by atoms with Crippen LogP contribution in [0.2, 0.25) is 0 Å². The van der Waals surface area contributed by atoms with Crippen molar-refractivity contribution >= 4 is 12.1 Å². The standard InChI is InChI=1S/C19H20N2O4/c1-19(16-9-5-6-10-20-16)13-21(11-15(19)17(22)23)18(24)25-12-14-7-3-2-4-8-14/h2-10,15H,11-13H2,1H3,(H,22,23)/t15-,19+/m1/s1. The monoisotopic (exact) mass is 340 g/mol. The van der Waals surface area contributed by atoms with Crippen molar-refractivity contribution in [1.29, 1.82) is 0 Å². The van der Waals surface area contributed by atoms with E-state index >= 15 is 0 Å². The Labute approximate surface area is 146 Å². The number of benzene rings is 1. The number of carbonyl (C=O) groups is 2. The van der Waals surface area contributed by atoms with Gasteiger partial charge in [0.1, 0.15) is 6.61 Å². The van der Waals surface area contributed by atoms with Gasteiger partial charge in [-0.15, -0.1) is 0 Å². The van der Waals surface area contributed by atoms with Crippen LogP contribution in [-0.4, -0.2) is 40.1 Å². The van der Waals surface area contributed by atoms with Gasteiger partial charge >= 0.3 is 12.1 Å². The molecule has 130 valence electrons. The Balaban J connectivity index is 1.73. The second-order valence-electron chi connectivity index (χ2n) is 6.44. The van der Waals surface area contributed by atoms with E-state index in [9.17, 15) is 14.7 Å². The molecule has 1 aliphatic rings. The topological polar surface area (TPSA) is 79.7 Å². The van der Waals surface area contributed by atoms with E-state index in [4.69, 9.17) is 4.74 Å². The van der Waals surface area contributed by atoms with Gasteiger partial charge in [0.05, 0.1) is 5.92 Å². The second-order valence-corrected chi connectivity index (χ2v) is 6.44. The molecule has 3 rings (SSSR count). The number of hydrogen-bond donors (Lipinski definition) is 1. The van der Waals surface area contributed by atoms with E-state index in [1.54, 1.807) is 18.3 Å². The Hall–Kier alpha value is -2.89. The van der Waals surface area contributed by atoms with Crippen molar-refractivity contribution in [3.63, 3.8) is 0 Å². The number of ether oxygens (including phenoxy) is 1. The molecule has 0 aliphatic carbocycles. The predicted molar refractivity (Wildman–Crippen MR) is 90.9 cm³/mol. The van der Waals surface area contributed by atoms with Crippen LogP contribution in [0, 0.1) is 5.92 Å². The molecular weight excluding hydrogens is 320 g/mol. The molecule has 2 aromatic rings. The average molecular weight is 340 g/mol. The summed E-state index contributed by atoms with van der Waals surface area (Å²) in [5, 5.41) is 9.61. The average Bonchev–Trinajstić information content (AvgIpc) is 3.01. The fourth-order valence-electron chi connectivity index (χ4n) is 3.25. The Morgan fingerprint density at radius 2 is 1.96 bits per heavy atom. The quantitative estimate of drug-likeness (QED) is 0.926. The van der Waals surface area contributed by atoms with Crippen LogP contribution in [0.3, 0.4) is 0 Å². The van der Waals surface area contributed by atoms with Gasteiger partial charge in [0.2, 0.25) is 0 Å². The Morgan fingerprint density at radius 3 is 2.60 bits per heavy atom. The maximum Gasteiger partial charge on any atom is 0.410 e. The molecule has 6 heteroatoms. The van der Waals surface area contributed by atoms with E-state index in [0.717, 1.165) is 5.56 Å². The minimum Gasteiger partial charge on any atom is -0.481 e. The minimum absolute atomic E-state index is 0.107. The van der Waals surface area contributed by atoms with E-state index in [1.807, 2.05) is 43.3 Å². The lowest BCUT2D eigenvalue weighted by molar-refractivity contribution is -0.142. The third-order valence-corrected chi connectivity index (χ3v) is 4.70. The first-order valence-electron chi connectivity index (χ1n) is 8.10. The maximum absolute atomic E-state index is 12.4. The number of aromatic nitrogens is 1. The van der Waals surface area contributed by atoms with Gasteiger partial charge in [0, 0.05) is 30.4 Å². The van der Waals surface area contributed by atoms with Crippen LogP contribution >= 0.6 is 0 Å². The van der Waals surface area contributed by atoms with Gasteiger partial charge in [-0.1, -0.05) is 43.3 Å². The smallest absolute Gasteiger partial charge is 0.410 e. The van der Waals surface area contributed by atoms with Gasteiger partial charge in [-0.05, 0) is 17.7 Å². The molecule has 1 aromatic carbocycles. The summed E-state index contributed by atoms with van der Waals surface area (Å²) >= 11 is 0. The van der Waals surface area contributed by atoms with E-state index in [1.165, 1.54) is 4.90 Å². The van der Waals surface area contributed by atoms with Crippen LogP contribution in [0.5, 0.6) is 0 Å². The molecular formula is C19H20N2O4. The summed E-state index contributed by atoms with van der Waals surface area (Å²) in [6.45, 7) is 2.36. The van der Waals surface area contributed by atoms with Gasteiger partial charge < -0.3 is 14.7 Å². The van der Waals surface area contributed by atoms with Crippen molar-refractivity contribution in [2.75, 3.05) is 13.1 Å². The molecule has 2 heterocycles. The zero-order valence-electron chi connectivity index (χ0n) is 14.0. The molecule has 1 saturated heterocycles. The Kier molecular flexibility index (Phi) is 4.70. The highest BCUT2D eigenvalue weighted by Gasteiger charge is 2.50. The van der Waals surface area contributed by atoms with Crippen LogP contribution < -0.4 is 0 Å². The first-order chi connectivity index (χ1) is 12.0. The van der Waals surface area contributed by atoms with Gasteiger partial charge in [-0.2, -0.15) is 0 Å². The SMILES string of the molecule is C[C@]1(c2ccccn2)CN(C(=O)OCc2ccccc2)C[C@@H]1C(=O)O. The molecule has 0 bridgehead atoms. The van der Waals surface area contributed by atoms with E-state index in [-0.39, 0.29) is 19.7 Å². The molecule has 1 amide bonds. The summed E-state index contributed by atoms with van der Waals surface area (Å²) in [5.41, 5.74) is 0.803. The largest absolute Gasteiger partial charge is 0.481 e. The van der Waals surface area contributed by atoms with E-state index in [0.29, 0.717) is 5.69 Å². The molecule has 1 aromatic heterocycles. The number of carboxylic acids is 1. The molecule has 25 heavy (non-hydrogen) atoms. The summed E-state index contributed by atoms with van der Waals surface area (Å²) in [7, 11) is 0. The number of nitrogens with zero attached hydrogens (tertiary/aromatic N) is 2. The number of hydrogen-bond acceptors (Lipinski definition) is 4. The van der Waals surface area contributed by atoms with Crippen LogP contribution in [0.15, 0.2) is 54.7 Å². The summed E-state index contributed by atoms with van der Waals surface area (Å²) in [6, 6.07) is 14.8. The number of pyridine rings is 1. The van der Waals surface area contributed by atoms with Crippen molar-refractivity contribution in [1.82, 2.24) is 9.88 Å². The first kappa shape index (κ1) is 17.0. The number of amides is 1. The molecule has 6 nitrogen and oxygen atoms in total. The second kappa shape index (κ2) is 6.93. The van der Waals surface area contributed by atoms with Crippen LogP contribution in [0.4, 0.5) is 4.79 Å². The number of rotatable bonds is 4. The number of likely N-dealkylation sites (tertiary alicyclic amines) is 1. The molecule has 1 aliphatic heterocycles. The summed E-state index contributed by atoms with van der Waals surface area (Å²) in [5.74, 6) is -1.67. The maximum atomic E-state index is 12.4. The van der Waals surface area contributed by atoms with Crippen molar-refractivity contribution in [2.24, 2.45) is 5.92 Å². The summed E-state index contributed by atoms with van der Waals surface area (Å²) < 4.78 is 5.34. The highest BCUT2D eigenvalue weighted by molar-refractivity contribution is 5.76. The highest BCUT2D eigenvalue weighted by atomic mass is 16.6. The molecule has 1 N–H and O–H groups in total. The fraction of sp³-hybridized carbons (Fsp3) is 0.316. The Bertz CT molecular complexity index is 751. The van der Waals surface area contributed by atoms with Crippen molar-refractivity contribution in [2.45, 2.75) is 18.9 Å². The fourth-order valence-corrected chi connectivity index (χ4v) is 3.25. The van der Waals surface area contributed by atoms with Gasteiger partial charge in [0.25, 0.3) is 0 Å². The van der Waals surface area contributed by atoms with E-state index < -0.39 is 23.4 Å². The van der Waals surface area contributed by atoms with Crippen molar-refractivity contribution in [3.8, 4) is 0 Å². The van der Waals surface area contributed by atoms with Crippen molar-refractivity contribution in [3.05, 3.63) is 66.0 Å². The zero-order valence-corrected chi connectivity index (χ0v) is 14.0. The van der Waals surface area contributed by atoms with E-state index in [2.05, 4.69) is 4.98 Å². The van der Waals surface area contributed by atoms with Gasteiger partial charge in [-0.25, -0.2) is 4.79 Å². The van der Waals surface area contributed by atoms with Gasteiger partial charge in [0.15, 0.2) is 0 Å². The summed E-state index contributed by atoms with van der Waals surface area (Å²) in [4.78, 5) is 29.9. The highest BCUT2D eigenvalue weighted by Crippen LogP contribution is 2.38. The number of aliphatic carboxylic acids is 1. The number of carbonyl (C=O) groups excluding carboxylic acids is 1. The molecule has 0 radical (unpaired) electrons. The molecule has 0 unspecified atom stereocenters. The third-order valence-electron chi connectivity index (χ3n) is 4.70. The molecule has 0 saturated carbocycles. The number of carboxylic acid groups (broad SMARTS) is 1. The lowest BCUT2D eigenvalue weighted by Crippen LogP contribution is -2.37. The first-order valence-corrected chi connectivity index (χ1v) is 8.10. The Morgan fingerprint density at radius 1 is 1.24 bits per heavy atom. The predicted octanol–water partition coefficient (Wildman–Crippen LogP) is 2.69. The lowest BCUT2D eigenvalue weighted by atomic mass is 9.77. The van der Waals surface area contributed by atoms with Crippen molar-refractivity contribution < 1.29 is 19.4 Å². The van der Waals surface area contributed by atoms with Crippen LogP contribution in [0.1, 0.15) is 18.2 Å². The third kappa shape index (κ3) is 3.47. The van der Waals surface area contributed by atoms with Gasteiger partial charge in [-0.3, -0.25) is 9.78 Å². The molecule has 2 atom stereocenters. The molecule has 1 fully saturated rings. The molecule has 0 spiro atoms. The lowest BCUT2D eigenvalue weighted by Gasteiger charge is -2.27. The van der Waals surface area contributed by atoms with Crippen LogP contribution in [-0.2, 0) is 21.6 Å². The minimum atomic E-state index is -0.938. The van der Waals surface area contributed by atoms with Crippen LogP contribution in [0.25, 0.3) is 0 Å². The normalized spacial score (nSPS) is 22.6.